The van der Waals surface area contributed by atoms with Gasteiger partial charge in [-0.3, -0.25) is 9.59 Å². The van der Waals surface area contributed by atoms with Gasteiger partial charge in [-0.25, -0.2) is 0 Å². The normalized spacial score (nSPS) is 12.5. The fraction of sp³-hybridized carbons (Fsp3) is 0.951. The van der Waals surface area contributed by atoms with Crippen LogP contribution in [0.4, 0.5) is 0 Å². The fourth-order valence-corrected chi connectivity index (χ4v) is 13.3. The van der Waals surface area contributed by atoms with Gasteiger partial charge in [0.2, 0.25) is 5.91 Å². The number of allylic oxidation sites excluding steroid dienone is 1. The highest BCUT2D eigenvalue weighted by Crippen LogP contribution is 2.21. The summed E-state index contributed by atoms with van der Waals surface area (Å²) >= 11 is 0. The summed E-state index contributed by atoms with van der Waals surface area (Å²) in [5.41, 5.74) is 0. The molecule has 0 heterocycles. The Morgan fingerprint density at radius 1 is 0.307 bits per heavy atom. The lowest BCUT2D eigenvalue weighted by Gasteiger charge is -2.20. The van der Waals surface area contributed by atoms with Crippen LogP contribution in [-0.4, -0.2) is 47.4 Å². The molecule has 0 bridgehead atoms. The van der Waals surface area contributed by atoms with Crippen molar-refractivity contribution in [2.75, 3.05) is 13.2 Å². The first-order chi connectivity index (χ1) is 43.5. The zero-order chi connectivity index (χ0) is 63.5. The summed E-state index contributed by atoms with van der Waals surface area (Å²) < 4.78 is 5.50. The molecule has 0 saturated carbocycles. The molecule has 0 spiro atoms. The van der Waals surface area contributed by atoms with E-state index < -0.39 is 12.1 Å². The van der Waals surface area contributed by atoms with E-state index in [9.17, 15) is 19.8 Å². The summed E-state index contributed by atoms with van der Waals surface area (Å²) in [4.78, 5) is 24.6. The smallest absolute Gasteiger partial charge is 0.305 e. The van der Waals surface area contributed by atoms with Crippen molar-refractivity contribution in [1.82, 2.24) is 5.32 Å². The Labute approximate surface area is 552 Å². The van der Waals surface area contributed by atoms with E-state index in [1.807, 2.05) is 6.08 Å². The number of hydrogen-bond donors (Lipinski definition) is 3. The SMILES string of the molecule is CCCCCCCCCCCCCCCCCCCCCCC/C=C/C(O)C(CO)NC(=O)CCCCCCCCCCCCCCCCCCCCCCCCCCCCCCCCCCCCCOC(=O)CCCCCCCCCCCCCCC. The molecule has 0 saturated heterocycles. The zero-order valence-electron chi connectivity index (χ0n) is 60.3. The number of aliphatic hydroxyl groups excluding tert-OH is 2. The Bertz CT molecular complexity index is 1340. The minimum atomic E-state index is -0.841. The van der Waals surface area contributed by atoms with Crippen LogP contribution in [-0.2, 0) is 14.3 Å². The van der Waals surface area contributed by atoms with Crippen LogP contribution >= 0.6 is 0 Å². The lowest BCUT2D eigenvalue weighted by molar-refractivity contribution is -0.143. The van der Waals surface area contributed by atoms with Crippen LogP contribution in [0.15, 0.2) is 12.2 Å². The highest BCUT2D eigenvalue weighted by Gasteiger charge is 2.18. The van der Waals surface area contributed by atoms with Crippen LogP contribution in [0.3, 0.4) is 0 Å². The molecule has 0 aromatic carbocycles. The van der Waals surface area contributed by atoms with Gasteiger partial charge in [-0.1, -0.05) is 443 Å². The Kier molecular flexibility index (Phi) is 76.8. The summed E-state index contributed by atoms with van der Waals surface area (Å²) in [7, 11) is 0. The first-order valence-electron chi connectivity index (χ1n) is 41.0. The maximum atomic E-state index is 12.6. The van der Waals surface area contributed by atoms with E-state index in [1.54, 1.807) is 6.08 Å². The number of aliphatic hydroxyl groups is 2. The van der Waals surface area contributed by atoms with Crippen LogP contribution in [0.25, 0.3) is 0 Å². The molecular formula is C82H161NO5. The van der Waals surface area contributed by atoms with Gasteiger partial charge in [0.15, 0.2) is 0 Å². The minimum Gasteiger partial charge on any atom is -0.466 e. The topological polar surface area (TPSA) is 95.9 Å². The van der Waals surface area contributed by atoms with E-state index in [2.05, 4.69) is 19.2 Å². The van der Waals surface area contributed by atoms with Crippen LogP contribution < -0.4 is 5.32 Å². The van der Waals surface area contributed by atoms with Crippen molar-refractivity contribution >= 4 is 11.9 Å². The van der Waals surface area contributed by atoms with Crippen molar-refractivity contribution in [3.8, 4) is 0 Å². The zero-order valence-corrected chi connectivity index (χ0v) is 60.3. The molecule has 6 heteroatoms. The molecule has 0 radical (unpaired) electrons. The quantitative estimate of drug-likeness (QED) is 0.0320. The van der Waals surface area contributed by atoms with E-state index in [0.29, 0.717) is 19.4 Å². The second kappa shape index (κ2) is 78.0. The van der Waals surface area contributed by atoms with Gasteiger partial charge in [-0.15, -0.1) is 0 Å². The van der Waals surface area contributed by atoms with Gasteiger partial charge in [0.05, 0.1) is 25.4 Å². The van der Waals surface area contributed by atoms with Gasteiger partial charge >= 0.3 is 5.97 Å². The third-order valence-corrected chi connectivity index (χ3v) is 19.6. The van der Waals surface area contributed by atoms with Crippen LogP contribution in [0, 0.1) is 0 Å². The van der Waals surface area contributed by atoms with E-state index in [4.69, 9.17) is 4.74 Å². The second-order valence-electron chi connectivity index (χ2n) is 28.5. The van der Waals surface area contributed by atoms with Gasteiger partial charge in [0.1, 0.15) is 0 Å². The number of amides is 1. The standard InChI is InChI=1S/C82H161NO5/c1-3-5-7-9-11-13-15-17-18-19-20-21-35-38-41-44-47-51-54-58-62-66-70-74-80(85)79(78-84)83-81(86)75-71-67-63-59-55-52-48-45-42-39-36-33-31-29-27-25-23-22-24-26-28-30-32-34-37-40-43-46-49-53-57-61-65-69-73-77-88-82(87)76-72-68-64-60-56-50-16-14-12-10-8-6-4-2/h70,74,79-80,84-85H,3-69,71-73,75-78H2,1-2H3,(H,83,86)/b74-70+. The third kappa shape index (κ3) is 73.6. The van der Waals surface area contributed by atoms with Crippen molar-refractivity contribution in [3.63, 3.8) is 0 Å². The summed E-state index contributed by atoms with van der Waals surface area (Å²) in [6.07, 6.45) is 99.3. The number of rotatable bonds is 78. The molecule has 3 N–H and O–H groups in total. The van der Waals surface area contributed by atoms with E-state index >= 15 is 0 Å². The highest BCUT2D eigenvalue weighted by atomic mass is 16.5. The molecule has 88 heavy (non-hydrogen) atoms. The van der Waals surface area contributed by atoms with Crippen molar-refractivity contribution in [2.24, 2.45) is 0 Å². The molecule has 0 aromatic rings. The molecule has 0 aromatic heterocycles. The van der Waals surface area contributed by atoms with Gasteiger partial charge in [-0.2, -0.15) is 0 Å². The predicted molar refractivity (Wildman–Crippen MR) is 389 cm³/mol. The van der Waals surface area contributed by atoms with Crippen LogP contribution in [0.1, 0.15) is 476 Å². The van der Waals surface area contributed by atoms with E-state index in [-0.39, 0.29) is 18.5 Å². The lowest BCUT2D eigenvalue weighted by atomic mass is 10.0. The van der Waals surface area contributed by atoms with Gasteiger partial charge in [0.25, 0.3) is 0 Å². The molecule has 0 aliphatic heterocycles. The Hall–Kier alpha value is -1.40. The highest BCUT2D eigenvalue weighted by molar-refractivity contribution is 5.76. The summed E-state index contributed by atoms with van der Waals surface area (Å²) in [6, 6.07) is -0.624. The molecular weight excluding hydrogens is 1080 g/mol. The minimum absolute atomic E-state index is 0.0251. The van der Waals surface area contributed by atoms with Crippen molar-refractivity contribution in [3.05, 3.63) is 12.2 Å². The number of hydrogen-bond acceptors (Lipinski definition) is 5. The summed E-state index contributed by atoms with van der Waals surface area (Å²) in [5.74, 6) is -0.0318. The molecule has 0 fully saturated rings. The number of carbonyl (C=O) groups is 2. The van der Waals surface area contributed by atoms with Crippen LogP contribution in [0.2, 0.25) is 0 Å². The van der Waals surface area contributed by atoms with Gasteiger partial charge in [-0.05, 0) is 32.1 Å². The molecule has 524 valence electrons. The summed E-state index contributed by atoms with van der Waals surface area (Å²) in [6.45, 7) is 4.97. The first-order valence-corrected chi connectivity index (χ1v) is 41.0. The summed E-state index contributed by atoms with van der Waals surface area (Å²) in [5, 5.41) is 23.3. The largest absolute Gasteiger partial charge is 0.466 e. The van der Waals surface area contributed by atoms with Gasteiger partial charge < -0.3 is 20.3 Å². The average Bonchev–Trinajstić information content (AvgIpc) is 3.53. The van der Waals surface area contributed by atoms with Crippen molar-refractivity contribution in [2.45, 2.75) is 488 Å². The lowest BCUT2D eigenvalue weighted by Crippen LogP contribution is -2.45. The third-order valence-electron chi connectivity index (χ3n) is 19.6. The Morgan fingerprint density at radius 2 is 0.523 bits per heavy atom. The van der Waals surface area contributed by atoms with E-state index in [0.717, 1.165) is 38.5 Å². The predicted octanol–water partition coefficient (Wildman–Crippen LogP) is 27.1. The molecule has 0 aliphatic carbocycles. The molecule has 2 unspecified atom stereocenters. The number of esters is 1. The average molecular weight is 1240 g/mol. The van der Waals surface area contributed by atoms with Gasteiger partial charge in [0, 0.05) is 12.8 Å². The first kappa shape index (κ1) is 86.6. The molecule has 6 nitrogen and oxygen atoms in total. The molecule has 1 amide bonds. The number of nitrogens with one attached hydrogen (secondary N) is 1. The number of ether oxygens (including phenoxy) is 1. The maximum absolute atomic E-state index is 12.6. The Balaban J connectivity index is 3.33. The fourth-order valence-electron chi connectivity index (χ4n) is 13.3. The monoisotopic (exact) mass is 1240 g/mol. The molecule has 0 rings (SSSR count). The maximum Gasteiger partial charge on any atom is 0.305 e. The second-order valence-corrected chi connectivity index (χ2v) is 28.5. The molecule has 0 aliphatic rings. The molecule has 2 atom stereocenters. The van der Waals surface area contributed by atoms with Crippen molar-refractivity contribution < 1.29 is 24.5 Å². The van der Waals surface area contributed by atoms with Crippen LogP contribution in [0.5, 0.6) is 0 Å². The Morgan fingerprint density at radius 3 is 0.773 bits per heavy atom. The number of carbonyl (C=O) groups excluding carboxylic acids is 2. The van der Waals surface area contributed by atoms with Crippen molar-refractivity contribution in [1.29, 1.82) is 0 Å². The van der Waals surface area contributed by atoms with E-state index in [1.165, 1.54) is 411 Å². The number of unbranched alkanes of at least 4 members (excludes halogenated alkanes) is 67.